The van der Waals surface area contributed by atoms with Crippen molar-refractivity contribution in [3.8, 4) is 16.9 Å². The number of rotatable bonds is 7. The molecule has 6 nitrogen and oxygen atoms in total. The number of fused-ring (bicyclic) bond motifs is 2. The van der Waals surface area contributed by atoms with E-state index in [0.29, 0.717) is 24.1 Å². The fourth-order valence-electron chi connectivity index (χ4n) is 5.83. The zero-order chi connectivity index (χ0) is 24.5. The number of anilines is 1. The van der Waals surface area contributed by atoms with E-state index in [1.54, 1.807) is 4.68 Å². The van der Waals surface area contributed by atoms with Gasteiger partial charge in [0.1, 0.15) is 5.82 Å². The SMILES string of the molecule is Cc1cc(C)c(-c2cc(NC(=O)COC(=O)C[C@@H]3C[C@@H]4CC[C@H]3C4)n(-c3ccccc3)n2)cc1C. The normalized spacial score (nSPS) is 20.7. The van der Waals surface area contributed by atoms with Gasteiger partial charge in [0.2, 0.25) is 0 Å². The summed E-state index contributed by atoms with van der Waals surface area (Å²) in [5, 5.41) is 7.72. The summed E-state index contributed by atoms with van der Waals surface area (Å²) in [4.78, 5) is 25.1. The van der Waals surface area contributed by atoms with Crippen LogP contribution in [0.2, 0.25) is 0 Å². The largest absolute Gasteiger partial charge is 0.456 e. The van der Waals surface area contributed by atoms with E-state index in [1.807, 2.05) is 36.4 Å². The van der Waals surface area contributed by atoms with E-state index in [0.717, 1.165) is 34.8 Å². The molecule has 2 bridgehead atoms. The van der Waals surface area contributed by atoms with Crippen molar-refractivity contribution in [3.05, 3.63) is 65.2 Å². The standard InChI is InChI=1S/C29H33N3O3/c1-18-11-20(3)25(12-19(18)2)26-16-27(32(31-26)24-7-5-4-6-8-24)30-28(33)17-35-29(34)15-23-14-21-9-10-22(23)13-21/h4-8,11-12,16,21-23H,9-10,13-15,17H2,1-3H3,(H,30,33)/t21-,22+,23+/m1/s1. The molecule has 3 atom stereocenters. The van der Waals surface area contributed by atoms with E-state index in [2.05, 4.69) is 38.2 Å². The van der Waals surface area contributed by atoms with Crippen LogP contribution in [0.5, 0.6) is 0 Å². The van der Waals surface area contributed by atoms with Gasteiger partial charge in [0.15, 0.2) is 6.61 Å². The van der Waals surface area contributed by atoms with Gasteiger partial charge in [-0.2, -0.15) is 5.10 Å². The Bertz CT molecular complexity index is 1250. The van der Waals surface area contributed by atoms with Gasteiger partial charge in [-0.15, -0.1) is 0 Å². The summed E-state index contributed by atoms with van der Waals surface area (Å²) < 4.78 is 7.07. The summed E-state index contributed by atoms with van der Waals surface area (Å²) in [7, 11) is 0. The minimum Gasteiger partial charge on any atom is -0.456 e. The Kier molecular flexibility index (Phi) is 6.46. The highest BCUT2D eigenvalue weighted by molar-refractivity contribution is 5.93. The molecule has 1 aromatic heterocycles. The van der Waals surface area contributed by atoms with Crippen LogP contribution in [-0.4, -0.2) is 28.3 Å². The predicted octanol–water partition coefficient (Wildman–Crippen LogP) is 5.77. The molecule has 0 spiro atoms. The molecular formula is C29H33N3O3. The predicted molar refractivity (Wildman–Crippen MR) is 136 cm³/mol. The summed E-state index contributed by atoms with van der Waals surface area (Å²) in [5.74, 6) is 1.77. The van der Waals surface area contributed by atoms with Crippen molar-refractivity contribution in [1.29, 1.82) is 0 Å². The third-order valence-electron chi connectivity index (χ3n) is 7.77. The fraction of sp³-hybridized carbons (Fsp3) is 0.414. The zero-order valence-corrected chi connectivity index (χ0v) is 20.7. The first-order chi connectivity index (χ1) is 16.9. The summed E-state index contributed by atoms with van der Waals surface area (Å²) >= 11 is 0. The van der Waals surface area contributed by atoms with Gasteiger partial charge >= 0.3 is 5.97 Å². The summed E-state index contributed by atoms with van der Waals surface area (Å²) in [6.07, 6.45) is 5.34. The van der Waals surface area contributed by atoms with Crippen LogP contribution in [0.3, 0.4) is 0 Å². The lowest BCUT2D eigenvalue weighted by molar-refractivity contribution is -0.148. The Labute approximate surface area is 206 Å². The van der Waals surface area contributed by atoms with Crippen molar-refractivity contribution in [1.82, 2.24) is 9.78 Å². The Morgan fingerprint density at radius 3 is 2.49 bits per heavy atom. The summed E-state index contributed by atoms with van der Waals surface area (Å²) in [5.41, 5.74) is 6.18. The van der Waals surface area contributed by atoms with Gasteiger partial charge in [-0.3, -0.25) is 9.59 Å². The Hall–Kier alpha value is -3.41. The van der Waals surface area contributed by atoms with Crippen molar-refractivity contribution in [3.63, 3.8) is 0 Å². The molecule has 3 aromatic rings. The van der Waals surface area contributed by atoms with Gasteiger partial charge in [-0.1, -0.05) is 30.7 Å². The van der Waals surface area contributed by atoms with E-state index >= 15 is 0 Å². The third-order valence-corrected chi connectivity index (χ3v) is 7.77. The van der Waals surface area contributed by atoms with E-state index in [4.69, 9.17) is 9.84 Å². The molecule has 0 aliphatic heterocycles. The number of esters is 1. The highest BCUT2D eigenvalue weighted by Crippen LogP contribution is 2.49. The van der Waals surface area contributed by atoms with Crippen LogP contribution in [0.15, 0.2) is 48.5 Å². The second-order valence-corrected chi connectivity index (χ2v) is 10.3. The molecular weight excluding hydrogens is 438 g/mol. The first-order valence-corrected chi connectivity index (χ1v) is 12.6. The molecule has 6 heteroatoms. The number of aromatic nitrogens is 2. The monoisotopic (exact) mass is 471 g/mol. The number of benzene rings is 2. The lowest BCUT2D eigenvalue weighted by atomic mass is 9.86. The van der Waals surface area contributed by atoms with E-state index in [1.165, 1.54) is 30.4 Å². The number of hydrogen-bond donors (Lipinski definition) is 1. The maximum atomic E-state index is 12.7. The molecule has 1 heterocycles. The highest BCUT2D eigenvalue weighted by atomic mass is 16.5. The average Bonchev–Trinajstić information content (AvgIpc) is 3.57. The molecule has 5 rings (SSSR count). The second-order valence-electron chi connectivity index (χ2n) is 10.3. The van der Waals surface area contributed by atoms with Gasteiger partial charge < -0.3 is 10.1 Å². The molecule has 2 aliphatic carbocycles. The summed E-state index contributed by atoms with van der Waals surface area (Å²) in [6, 6.07) is 15.8. The molecule has 2 aromatic carbocycles. The minimum atomic E-state index is -0.369. The number of para-hydroxylation sites is 1. The molecule has 35 heavy (non-hydrogen) atoms. The maximum absolute atomic E-state index is 12.7. The van der Waals surface area contributed by atoms with Crippen LogP contribution in [0.4, 0.5) is 5.82 Å². The number of hydrogen-bond acceptors (Lipinski definition) is 4. The maximum Gasteiger partial charge on any atom is 0.306 e. The van der Waals surface area contributed by atoms with Crippen LogP contribution in [0, 0.1) is 38.5 Å². The zero-order valence-electron chi connectivity index (χ0n) is 20.7. The molecule has 1 amide bonds. The molecule has 2 aliphatic rings. The van der Waals surface area contributed by atoms with Crippen molar-refractivity contribution in [2.45, 2.75) is 52.9 Å². The second kappa shape index (κ2) is 9.68. The number of aryl methyl sites for hydroxylation is 3. The van der Waals surface area contributed by atoms with Gasteiger partial charge in [-0.05, 0) is 92.7 Å². The quantitative estimate of drug-likeness (QED) is 0.444. The topological polar surface area (TPSA) is 73.2 Å². The van der Waals surface area contributed by atoms with Crippen LogP contribution in [0.25, 0.3) is 16.9 Å². The molecule has 0 unspecified atom stereocenters. The Morgan fingerprint density at radius 2 is 1.77 bits per heavy atom. The van der Waals surface area contributed by atoms with Gasteiger partial charge in [0, 0.05) is 18.1 Å². The summed E-state index contributed by atoms with van der Waals surface area (Å²) in [6.45, 7) is 5.95. The molecule has 0 radical (unpaired) electrons. The number of nitrogens with zero attached hydrogens (tertiary/aromatic N) is 2. The third kappa shape index (κ3) is 5.02. The Morgan fingerprint density at radius 1 is 1.00 bits per heavy atom. The van der Waals surface area contributed by atoms with Crippen molar-refractivity contribution in [2.75, 3.05) is 11.9 Å². The van der Waals surface area contributed by atoms with E-state index < -0.39 is 0 Å². The van der Waals surface area contributed by atoms with Crippen molar-refractivity contribution in [2.24, 2.45) is 17.8 Å². The minimum absolute atomic E-state index is 0.277. The van der Waals surface area contributed by atoms with Crippen molar-refractivity contribution >= 4 is 17.7 Å². The molecule has 2 fully saturated rings. The highest BCUT2D eigenvalue weighted by Gasteiger charge is 2.40. The number of carbonyl (C=O) groups excluding carboxylic acids is 2. The fourth-order valence-corrected chi connectivity index (χ4v) is 5.83. The van der Waals surface area contributed by atoms with Crippen LogP contribution >= 0.6 is 0 Å². The lowest BCUT2D eigenvalue weighted by Gasteiger charge is -2.20. The van der Waals surface area contributed by atoms with E-state index in [9.17, 15) is 9.59 Å². The average molecular weight is 472 g/mol. The van der Waals surface area contributed by atoms with Crippen LogP contribution in [-0.2, 0) is 14.3 Å². The van der Waals surface area contributed by atoms with Crippen molar-refractivity contribution < 1.29 is 14.3 Å². The Balaban J connectivity index is 1.30. The lowest BCUT2D eigenvalue weighted by Crippen LogP contribution is -2.24. The number of ether oxygens (including phenoxy) is 1. The first kappa shape index (κ1) is 23.3. The molecule has 0 saturated heterocycles. The molecule has 2 saturated carbocycles. The van der Waals surface area contributed by atoms with Gasteiger partial charge in [-0.25, -0.2) is 4.68 Å². The number of amides is 1. The molecule has 182 valence electrons. The van der Waals surface area contributed by atoms with E-state index in [-0.39, 0.29) is 18.5 Å². The number of carbonyl (C=O) groups is 2. The number of nitrogens with one attached hydrogen (secondary N) is 1. The first-order valence-electron chi connectivity index (χ1n) is 12.6. The molecule has 1 N–H and O–H groups in total. The van der Waals surface area contributed by atoms with Gasteiger partial charge in [0.05, 0.1) is 11.4 Å². The smallest absolute Gasteiger partial charge is 0.306 e. The van der Waals surface area contributed by atoms with Crippen LogP contribution in [0.1, 0.15) is 48.8 Å². The van der Waals surface area contributed by atoms with Gasteiger partial charge in [0.25, 0.3) is 5.91 Å². The van der Waals surface area contributed by atoms with Crippen LogP contribution < -0.4 is 5.32 Å².